The zero-order chi connectivity index (χ0) is 22.9. The summed E-state index contributed by atoms with van der Waals surface area (Å²) in [5.41, 5.74) is 2.80. The van der Waals surface area contributed by atoms with Crippen LogP contribution in [0.3, 0.4) is 0 Å². The van der Waals surface area contributed by atoms with Crippen molar-refractivity contribution in [3.63, 3.8) is 0 Å². The molecule has 2 aromatic rings. The number of nitrogens with one attached hydrogen (secondary N) is 1. The average molecular weight is 428 g/mol. The van der Waals surface area contributed by atoms with E-state index in [1.807, 2.05) is 13.1 Å². The van der Waals surface area contributed by atoms with E-state index in [0.717, 1.165) is 62.3 Å². The van der Waals surface area contributed by atoms with Crippen LogP contribution in [0.1, 0.15) is 77.7 Å². The number of nitrogens with zero attached hydrogens (tertiary/aromatic N) is 4. The topological polar surface area (TPSA) is 92.9 Å². The molecule has 0 bridgehead atoms. The van der Waals surface area contributed by atoms with E-state index in [1.165, 1.54) is 5.69 Å². The minimum absolute atomic E-state index is 0.107. The second kappa shape index (κ2) is 11.6. The first-order valence-corrected chi connectivity index (χ1v) is 11.3. The first-order valence-electron chi connectivity index (χ1n) is 11.3. The van der Waals surface area contributed by atoms with Crippen LogP contribution < -0.4 is 5.32 Å². The van der Waals surface area contributed by atoms with Gasteiger partial charge in [-0.05, 0) is 25.3 Å². The Morgan fingerprint density at radius 1 is 1.16 bits per heavy atom. The van der Waals surface area contributed by atoms with E-state index in [0.29, 0.717) is 5.95 Å². The molecule has 170 valence electrons. The summed E-state index contributed by atoms with van der Waals surface area (Å²) in [4.78, 5) is 24.7. The first-order chi connectivity index (χ1) is 14.8. The number of hydrogen-bond acceptors (Lipinski definition) is 5. The Morgan fingerprint density at radius 2 is 1.90 bits per heavy atom. The maximum absolute atomic E-state index is 10.7. The van der Waals surface area contributed by atoms with E-state index < -0.39 is 5.97 Å². The molecule has 0 aliphatic rings. The number of aromatic nitrogens is 4. The molecule has 0 aromatic carbocycles. The van der Waals surface area contributed by atoms with E-state index in [-0.39, 0.29) is 11.8 Å². The van der Waals surface area contributed by atoms with Crippen molar-refractivity contribution < 1.29 is 9.90 Å². The van der Waals surface area contributed by atoms with Gasteiger partial charge < -0.3 is 15.0 Å². The predicted molar refractivity (Wildman–Crippen MR) is 125 cm³/mol. The Morgan fingerprint density at radius 3 is 2.55 bits per heavy atom. The van der Waals surface area contributed by atoms with Crippen LogP contribution in [-0.2, 0) is 23.2 Å². The van der Waals surface area contributed by atoms with Gasteiger partial charge in [-0.2, -0.15) is 0 Å². The van der Waals surface area contributed by atoms with E-state index >= 15 is 0 Å². The molecule has 0 radical (unpaired) electrons. The Kier molecular flexibility index (Phi) is 9.21. The van der Waals surface area contributed by atoms with Crippen LogP contribution in [0.25, 0.3) is 11.4 Å². The summed E-state index contributed by atoms with van der Waals surface area (Å²) >= 11 is 0. The molecule has 0 spiro atoms. The standard InChI is InChI=1S/C24H37N5O2/c1-6-7-10-13-19-21(18-15-16-26-23(25-5)27-18)28-22(24(2,3)4)29(19)17-12-9-8-11-14-20(30)31/h7,10,15-16H,6,8-9,11-14,17H2,1-5H3,(H,30,31)(H,25,26,27)/b10-7-. The Labute approximate surface area is 186 Å². The highest BCUT2D eigenvalue weighted by atomic mass is 16.4. The molecular formula is C24H37N5O2. The molecule has 0 unspecified atom stereocenters. The number of unbranched alkanes of at least 4 members (excludes halogenated alkanes) is 3. The lowest BCUT2D eigenvalue weighted by Crippen LogP contribution is -2.20. The van der Waals surface area contributed by atoms with Crippen LogP contribution in [0.5, 0.6) is 0 Å². The highest BCUT2D eigenvalue weighted by Gasteiger charge is 2.26. The van der Waals surface area contributed by atoms with Gasteiger partial charge in [-0.25, -0.2) is 15.0 Å². The van der Waals surface area contributed by atoms with E-state index in [2.05, 4.69) is 59.7 Å². The maximum Gasteiger partial charge on any atom is 0.303 e. The minimum Gasteiger partial charge on any atom is -0.481 e. The molecule has 2 heterocycles. The van der Waals surface area contributed by atoms with Gasteiger partial charge in [-0.15, -0.1) is 0 Å². The van der Waals surface area contributed by atoms with Crippen molar-refractivity contribution in [3.05, 3.63) is 35.9 Å². The Hall–Kier alpha value is -2.70. The predicted octanol–water partition coefficient (Wildman–Crippen LogP) is 5.22. The molecule has 0 atom stereocenters. The highest BCUT2D eigenvalue weighted by molar-refractivity contribution is 5.66. The molecule has 0 aliphatic carbocycles. The van der Waals surface area contributed by atoms with Crippen LogP contribution in [0.15, 0.2) is 24.4 Å². The van der Waals surface area contributed by atoms with Crippen LogP contribution in [-0.4, -0.2) is 37.6 Å². The molecule has 7 heteroatoms. The van der Waals surface area contributed by atoms with Gasteiger partial charge in [0.2, 0.25) is 5.95 Å². The van der Waals surface area contributed by atoms with Crippen molar-refractivity contribution in [3.8, 4) is 11.4 Å². The van der Waals surface area contributed by atoms with Crippen LogP contribution in [0.4, 0.5) is 5.95 Å². The first kappa shape index (κ1) is 24.6. The SMILES string of the molecule is CC/C=C\Cc1c(-c2ccnc(NC)n2)nc(C(C)(C)C)n1CCCCCCC(=O)O. The van der Waals surface area contributed by atoms with Gasteiger partial charge in [0.25, 0.3) is 0 Å². The Balaban J connectivity index is 2.38. The lowest BCUT2D eigenvalue weighted by molar-refractivity contribution is -0.137. The summed E-state index contributed by atoms with van der Waals surface area (Å²) in [6, 6.07) is 1.92. The van der Waals surface area contributed by atoms with Crippen molar-refractivity contribution in [2.75, 3.05) is 12.4 Å². The molecule has 0 saturated heterocycles. The summed E-state index contributed by atoms with van der Waals surface area (Å²) in [6.07, 6.45) is 11.9. The number of allylic oxidation sites excluding steroid dienone is 2. The summed E-state index contributed by atoms with van der Waals surface area (Å²) < 4.78 is 2.35. The monoisotopic (exact) mass is 427 g/mol. The average Bonchev–Trinajstić information content (AvgIpc) is 3.09. The molecule has 2 N–H and O–H groups in total. The number of anilines is 1. The smallest absolute Gasteiger partial charge is 0.303 e. The number of carboxylic acid groups (broad SMARTS) is 1. The molecule has 0 fully saturated rings. The third-order valence-electron chi connectivity index (χ3n) is 5.10. The number of aliphatic carboxylic acids is 1. The molecule has 0 aliphatic heterocycles. The zero-order valence-electron chi connectivity index (χ0n) is 19.6. The van der Waals surface area contributed by atoms with Gasteiger partial charge in [0.1, 0.15) is 11.5 Å². The fourth-order valence-corrected chi connectivity index (χ4v) is 3.58. The maximum atomic E-state index is 10.7. The van der Waals surface area contributed by atoms with Crippen molar-refractivity contribution >= 4 is 11.9 Å². The molecule has 7 nitrogen and oxygen atoms in total. The van der Waals surface area contributed by atoms with Gasteiger partial charge >= 0.3 is 5.97 Å². The second-order valence-electron chi connectivity index (χ2n) is 8.79. The lowest BCUT2D eigenvalue weighted by atomic mass is 9.95. The van der Waals surface area contributed by atoms with Crippen molar-refractivity contribution in [1.82, 2.24) is 19.5 Å². The third kappa shape index (κ3) is 7.19. The van der Waals surface area contributed by atoms with Crippen molar-refractivity contribution in [2.45, 2.75) is 84.6 Å². The molecule has 0 saturated carbocycles. The largest absolute Gasteiger partial charge is 0.481 e. The highest BCUT2D eigenvalue weighted by Crippen LogP contribution is 2.31. The zero-order valence-corrected chi connectivity index (χ0v) is 19.6. The Bertz CT molecular complexity index is 881. The number of carboxylic acids is 1. The van der Waals surface area contributed by atoms with Crippen molar-refractivity contribution in [1.29, 1.82) is 0 Å². The van der Waals surface area contributed by atoms with E-state index in [4.69, 9.17) is 10.1 Å². The summed E-state index contributed by atoms with van der Waals surface area (Å²) in [7, 11) is 1.81. The lowest BCUT2D eigenvalue weighted by Gasteiger charge is -2.21. The summed E-state index contributed by atoms with van der Waals surface area (Å²) in [6.45, 7) is 9.56. The third-order valence-corrected chi connectivity index (χ3v) is 5.10. The summed E-state index contributed by atoms with van der Waals surface area (Å²) in [5, 5.41) is 11.8. The van der Waals surface area contributed by atoms with E-state index in [9.17, 15) is 4.79 Å². The molecule has 2 rings (SSSR count). The number of hydrogen-bond donors (Lipinski definition) is 2. The fraction of sp³-hybridized carbons (Fsp3) is 0.583. The quantitative estimate of drug-likeness (QED) is 0.356. The normalized spacial score (nSPS) is 11.9. The molecule has 0 amide bonds. The molecule has 31 heavy (non-hydrogen) atoms. The summed E-state index contributed by atoms with van der Waals surface area (Å²) in [5.74, 6) is 0.917. The van der Waals surface area contributed by atoms with E-state index in [1.54, 1.807) is 6.20 Å². The second-order valence-corrected chi connectivity index (χ2v) is 8.79. The van der Waals surface area contributed by atoms with Crippen LogP contribution in [0.2, 0.25) is 0 Å². The number of imidazole rings is 1. The van der Waals surface area contributed by atoms with Gasteiger partial charge in [-0.1, -0.05) is 52.7 Å². The molecular weight excluding hydrogens is 390 g/mol. The number of carbonyl (C=O) groups is 1. The fourth-order valence-electron chi connectivity index (χ4n) is 3.58. The van der Waals surface area contributed by atoms with Crippen LogP contribution >= 0.6 is 0 Å². The van der Waals surface area contributed by atoms with Gasteiger partial charge in [0.15, 0.2) is 0 Å². The van der Waals surface area contributed by atoms with Gasteiger partial charge in [0.05, 0.1) is 11.4 Å². The van der Waals surface area contributed by atoms with Gasteiger partial charge in [-0.3, -0.25) is 4.79 Å². The minimum atomic E-state index is -0.718. The van der Waals surface area contributed by atoms with Crippen LogP contribution in [0, 0.1) is 0 Å². The van der Waals surface area contributed by atoms with Gasteiger partial charge in [0, 0.05) is 38.0 Å². The molecule has 2 aromatic heterocycles. The number of rotatable bonds is 12. The van der Waals surface area contributed by atoms with Crippen molar-refractivity contribution in [2.24, 2.45) is 0 Å².